The van der Waals surface area contributed by atoms with Gasteiger partial charge in [0.05, 0.1) is 5.25 Å². The Kier molecular flexibility index (Phi) is 6.76. The van der Waals surface area contributed by atoms with Crippen LogP contribution in [-0.4, -0.2) is 38.3 Å². The molecule has 0 saturated carbocycles. The molecule has 3 N–H and O–H groups in total. The lowest BCUT2D eigenvalue weighted by Crippen LogP contribution is -2.37. The minimum Gasteiger partial charge on any atom is -0.329 e. The van der Waals surface area contributed by atoms with E-state index in [4.69, 9.17) is 5.73 Å². The summed E-state index contributed by atoms with van der Waals surface area (Å²) in [5.74, 6) is 0. The van der Waals surface area contributed by atoms with Gasteiger partial charge in [0, 0.05) is 18.3 Å². The monoisotopic (exact) mass is 240 g/mol. The lowest BCUT2D eigenvalue weighted by molar-refractivity contribution is 0.566. The normalized spacial score (nSPS) is 16.6. The van der Waals surface area contributed by atoms with Crippen molar-refractivity contribution in [1.82, 2.24) is 4.72 Å². The van der Waals surface area contributed by atoms with E-state index in [-0.39, 0.29) is 6.54 Å². The number of nitrogens with two attached hydrogens (primary N) is 1. The van der Waals surface area contributed by atoms with E-state index in [1.54, 1.807) is 18.7 Å². The maximum atomic E-state index is 11.4. The van der Waals surface area contributed by atoms with E-state index < -0.39 is 15.3 Å². The van der Waals surface area contributed by atoms with Gasteiger partial charge in [-0.1, -0.05) is 6.92 Å². The zero-order valence-corrected chi connectivity index (χ0v) is 10.6. The first-order valence-electron chi connectivity index (χ1n) is 4.65. The molecule has 0 aliphatic heterocycles. The smallest absolute Gasteiger partial charge is 0.215 e. The van der Waals surface area contributed by atoms with Crippen molar-refractivity contribution in [3.63, 3.8) is 0 Å². The number of nitrogens with one attached hydrogen (secondary N) is 1. The van der Waals surface area contributed by atoms with Gasteiger partial charge in [-0.25, -0.2) is 13.1 Å². The van der Waals surface area contributed by atoms with Crippen LogP contribution in [0.1, 0.15) is 20.3 Å². The third kappa shape index (κ3) is 5.19. The van der Waals surface area contributed by atoms with Crippen LogP contribution in [0.25, 0.3) is 0 Å². The second-order valence-corrected chi connectivity index (χ2v) is 6.78. The predicted molar refractivity (Wildman–Crippen MR) is 63.0 cm³/mol. The van der Waals surface area contributed by atoms with Gasteiger partial charge in [-0.05, 0) is 19.6 Å². The fourth-order valence-corrected chi connectivity index (χ4v) is 2.09. The quantitative estimate of drug-likeness (QED) is 0.675. The Morgan fingerprint density at radius 3 is 2.43 bits per heavy atom. The highest BCUT2D eigenvalue weighted by molar-refractivity contribution is 7.99. The summed E-state index contributed by atoms with van der Waals surface area (Å²) in [6.45, 7) is 4.34. The summed E-state index contributed by atoms with van der Waals surface area (Å²) in [5, 5.41) is -0.0297. The molecule has 0 fully saturated rings. The van der Waals surface area contributed by atoms with E-state index in [1.807, 2.05) is 6.26 Å². The Balaban J connectivity index is 3.89. The number of hydrogen-bond donors (Lipinski definition) is 2. The molecule has 86 valence electrons. The van der Waals surface area contributed by atoms with E-state index in [9.17, 15) is 8.42 Å². The summed E-state index contributed by atoms with van der Waals surface area (Å²) >= 11 is 1.73. The van der Waals surface area contributed by atoms with Crippen LogP contribution in [0.3, 0.4) is 0 Å². The molecule has 2 unspecified atom stereocenters. The summed E-state index contributed by atoms with van der Waals surface area (Å²) < 4.78 is 25.4. The largest absolute Gasteiger partial charge is 0.329 e. The van der Waals surface area contributed by atoms with Crippen LogP contribution in [0.2, 0.25) is 0 Å². The van der Waals surface area contributed by atoms with Gasteiger partial charge in [0.15, 0.2) is 0 Å². The average molecular weight is 240 g/mol. The molecule has 0 radical (unpaired) electrons. The molecule has 6 heteroatoms. The SMILES string of the molecule is CSC(C)CCNS(=O)(=O)C(C)CN. The van der Waals surface area contributed by atoms with Crippen molar-refractivity contribution >= 4 is 21.8 Å². The van der Waals surface area contributed by atoms with Crippen LogP contribution in [0, 0.1) is 0 Å². The minimum atomic E-state index is -3.20. The van der Waals surface area contributed by atoms with Crippen LogP contribution >= 0.6 is 11.8 Å². The Morgan fingerprint density at radius 1 is 1.43 bits per heavy atom. The molecule has 2 atom stereocenters. The highest BCUT2D eigenvalue weighted by Gasteiger charge is 2.18. The van der Waals surface area contributed by atoms with Gasteiger partial charge >= 0.3 is 0 Å². The topological polar surface area (TPSA) is 72.2 Å². The molecule has 0 aliphatic rings. The van der Waals surface area contributed by atoms with Crippen LogP contribution in [0.15, 0.2) is 0 Å². The molecule has 0 bridgehead atoms. The summed E-state index contributed by atoms with van der Waals surface area (Å²) in [4.78, 5) is 0. The van der Waals surface area contributed by atoms with Gasteiger partial charge in [0.2, 0.25) is 10.0 Å². The van der Waals surface area contributed by atoms with Crippen molar-refractivity contribution in [1.29, 1.82) is 0 Å². The van der Waals surface area contributed by atoms with E-state index in [2.05, 4.69) is 11.6 Å². The van der Waals surface area contributed by atoms with Gasteiger partial charge in [-0.3, -0.25) is 0 Å². The van der Waals surface area contributed by atoms with Gasteiger partial charge in [0.25, 0.3) is 0 Å². The highest BCUT2D eigenvalue weighted by Crippen LogP contribution is 2.08. The Bertz CT molecular complexity index is 242. The molecule has 14 heavy (non-hydrogen) atoms. The first-order valence-corrected chi connectivity index (χ1v) is 7.48. The Morgan fingerprint density at radius 2 is 2.00 bits per heavy atom. The third-order valence-corrected chi connectivity index (χ3v) is 5.02. The molecule has 0 aromatic heterocycles. The van der Waals surface area contributed by atoms with Crippen LogP contribution in [0.4, 0.5) is 0 Å². The van der Waals surface area contributed by atoms with Crippen LogP contribution in [-0.2, 0) is 10.0 Å². The van der Waals surface area contributed by atoms with Crippen LogP contribution in [0.5, 0.6) is 0 Å². The Hall–Kier alpha value is 0.220. The predicted octanol–water partition coefficient (Wildman–Crippen LogP) is 0.395. The number of thioether (sulfide) groups is 1. The first kappa shape index (κ1) is 14.2. The Labute approximate surface area is 91.1 Å². The average Bonchev–Trinajstić information content (AvgIpc) is 2.15. The summed E-state index contributed by atoms with van der Waals surface area (Å²) in [7, 11) is -3.20. The second kappa shape index (κ2) is 6.66. The molecule has 0 aromatic rings. The number of hydrogen-bond acceptors (Lipinski definition) is 4. The minimum absolute atomic E-state index is 0.160. The molecule has 0 aliphatic carbocycles. The maximum absolute atomic E-state index is 11.4. The van der Waals surface area contributed by atoms with E-state index in [1.165, 1.54) is 0 Å². The molecule has 0 rings (SSSR count). The lowest BCUT2D eigenvalue weighted by atomic mass is 10.3. The molecule has 0 amide bonds. The molecule has 4 nitrogen and oxygen atoms in total. The summed E-state index contributed by atoms with van der Waals surface area (Å²) in [6, 6.07) is 0. The van der Waals surface area contributed by atoms with Crippen molar-refractivity contribution in [2.45, 2.75) is 30.8 Å². The van der Waals surface area contributed by atoms with Crippen LogP contribution < -0.4 is 10.5 Å². The first-order chi connectivity index (χ1) is 6.44. The molecule has 0 heterocycles. The maximum Gasteiger partial charge on any atom is 0.215 e. The molecule has 0 spiro atoms. The van der Waals surface area contributed by atoms with Gasteiger partial charge in [-0.15, -0.1) is 0 Å². The zero-order valence-electron chi connectivity index (χ0n) is 8.99. The summed E-state index contributed by atoms with van der Waals surface area (Å²) in [6.07, 6.45) is 2.86. The molecule has 0 saturated heterocycles. The van der Waals surface area contributed by atoms with Crippen molar-refractivity contribution in [3.05, 3.63) is 0 Å². The van der Waals surface area contributed by atoms with Crippen molar-refractivity contribution < 1.29 is 8.42 Å². The summed E-state index contributed by atoms with van der Waals surface area (Å²) in [5.41, 5.74) is 5.29. The standard InChI is InChI=1S/C8H20N2O2S2/c1-7(13-3)4-5-10-14(11,12)8(2)6-9/h7-8,10H,4-6,9H2,1-3H3. The van der Waals surface area contributed by atoms with Crippen molar-refractivity contribution in [3.8, 4) is 0 Å². The van der Waals surface area contributed by atoms with Crippen molar-refractivity contribution in [2.24, 2.45) is 5.73 Å². The third-order valence-electron chi connectivity index (χ3n) is 2.12. The fourth-order valence-electron chi connectivity index (χ4n) is 0.791. The highest BCUT2D eigenvalue weighted by atomic mass is 32.2. The van der Waals surface area contributed by atoms with Gasteiger partial charge in [0.1, 0.15) is 0 Å². The van der Waals surface area contributed by atoms with E-state index in [0.717, 1.165) is 6.42 Å². The van der Waals surface area contributed by atoms with Crippen molar-refractivity contribution in [2.75, 3.05) is 19.3 Å². The zero-order chi connectivity index (χ0) is 11.2. The lowest BCUT2D eigenvalue weighted by Gasteiger charge is -2.13. The van der Waals surface area contributed by atoms with E-state index >= 15 is 0 Å². The number of rotatable bonds is 7. The number of sulfonamides is 1. The van der Waals surface area contributed by atoms with Gasteiger partial charge < -0.3 is 5.73 Å². The second-order valence-electron chi connectivity index (χ2n) is 3.32. The van der Waals surface area contributed by atoms with E-state index in [0.29, 0.717) is 11.8 Å². The van der Waals surface area contributed by atoms with Gasteiger partial charge in [-0.2, -0.15) is 11.8 Å². The molecular formula is C8H20N2O2S2. The fraction of sp³-hybridized carbons (Fsp3) is 1.00. The molecule has 0 aromatic carbocycles. The molecular weight excluding hydrogens is 220 g/mol.